The number of rotatable bonds is 0. The summed E-state index contributed by atoms with van der Waals surface area (Å²) in [6, 6.07) is 5.85. The zero-order valence-electron chi connectivity index (χ0n) is 7.29. The van der Waals surface area contributed by atoms with E-state index >= 15 is 0 Å². The normalized spacial score (nSPS) is 22.2. The van der Waals surface area contributed by atoms with Gasteiger partial charge in [-0.2, -0.15) is 0 Å². The van der Waals surface area contributed by atoms with Crippen LogP contribution in [-0.4, -0.2) is 6.61 Å². The SMILES string of the molecule is NC1CCOCc2cccc(Cl)c21. The Labute approximate surface area is 82.6 Å². The molecule has 70 valence electrons. The number of fused-ring (bicyclic) bond motifs is 1. The van der Waals surface area contributed by atoms with Crippen molar-refractivity contribution in [3.63, 3.8) is 0 Å². The fraction of sp³-hybridized carbons (Fsp3) is 0.400. The van der Waals surface area contributed by atoms with Crippen molar-refractivity contribution in [2.45, 2.75) is 19.1 Å². The predicted octanol–water partition coefficient (Wildman–Crippen LogP) is 2.26. The van der Waals surface area contributed by atoms with Crippen molar-refractivity contribution >= 4 is 11.6 Å². The zero-order chi connectivity index (χ0) is 9.26. The van der Waals surface area contributed by atoms with E-state index in [1.165, 1.54) is 0 Å². The summed E-state index contributed by atoms with van der Waals surface area (Å²) in [6.07, 6.45) is 0.844. The van der Waals surface area contributed by atoms with Gasteiger partial charge in [-0.1, -0.05) is 23.7 Å². The van der Waals surface area contributed by atoms with E-state index in [4.69, 9.17) is 22.1 Å². The van der Waals surface area contributed by atoms with Crippen molar-refractivity contribution in [3.8, 4) is 0 Å². The van der Waals surface area contributed by atoms with Crippen LogP contribution in [0.1, 0.15) is 23.6 Å². The second kappa shape index (κ2) is 3.66. The van der Waals surface area contributed by atoms with Crippen LogP contribution in [-0.2, 0) is 11.3 Å². The lowest BCUT2D eigenvalue weighted by atomic mass is 10.0. The molecule has 0 aliphatic carbocycles. The third-order valence-electron chi connectivity index (χ3n) is 2.34. The lowest BCUT2D eigenvalue weighted by molar-refractivity contribution is 0.122. The number of ether oxygens (including phenoxy) is 1. The molecular formula is C10H12ClNO. The number of benzene rings is 1. The minimum atomic E-state index is 0.0196. The standard InChI is InChI=1S/C10H12ClNO/c11-8-3-1-2-7-6-13-5-4-9(12)10(7)8/h1-3,9H,4-6,12H2. The molecule has 13 heavy (non-hydrogen) atoms. The summed E-state index contributed by atoms with van der Waals surface area (Å²) in [5, 5.41) is 0.760. The first-order valence-corrected chi connectivity index (χ1v) is 4.77. The Balaban J connectivity index is 2.48. The molecule has 1 aromatic rings. The molecule has 3 heteroatoms. The van der Waals surface area contributed by atoms with Gasteiger partial charge in [0.15, 0.2) is 0 Å². The van der Waals surface area contributed by atoms with Crippen molar-refractivity contribution < 1.29 is 4.74 Å². The van der Waals surface area contributed by atoms with Crippen LogP contribution in [0.5, 0.6) is 0 Å². The van der Waals surface area contributed by atoms with Gasteiger partial charge < -0.3 is 10.5 Å². The van der Waals surface area contributed by atoms with Crippen molar-refractivity contribution in [1.29, 1.82) is 0 Å². The molecule has 2 N–H and O–H groups in total. The summed E-state index contributed by atoms with van der Waals surface area (Å²) in [7, 11) is 0. The van der Waals surface area contributed by atoms with Gasteiger partial charge in [0.25, 0.3) is 0 Å². The predicted molar refractivity (Wildman–Crippen MR) is 52.7 cm³/mol. The van der Waals surface area contributed by atoms with Gasteiger partial charge in [0.05, 0.1) is 6.61 Å². The summed E-state index contributed by atoms with van der Waals surface area (Å²) in [5.41, 5.74) is 8.16. The molecule has 0 spiro atoms. The van der Waals surface area contributed by atoms with Crippen LogP contribution in [0.3, 0.4) is 0 Å². The van der Waals surface area contributed by atoms with E-state index in [1.807, 2.05) is 18.2 Å². The molecule has 0 aromatic heterocycles. The van der Waals surface area contributed by atoms with Crippen molar-refractivity contribution in [2.24, 2.45) is 5.73 Å². The summed E-state index contributed by atoms with van der Waals surface area (Å²) in [6.45, 7) is 1.34. The van der Waals surface area contributed by atoms with Crippen molar-refractivity contribution in [1.82, 2.24) is 0 Å². The highest BCUT2D eigenvalue weighted by Crippen LogP contribution is 2.29. The van der Waals surface area contributed by atoms with E-state index in [0.29, 0.717) is 13.2 Å². The van der Waals surface area contributed by atoms with Gasteiger partial charge in [-0.15, -0.1) is 0 Å². The molecule has 1 aliphatic heterocycles. The number of halogens is 1. The number of nitrogens with two attached hydrogens (primary N) is 1. The summed E-state index contributed by atoms with van der Waals surface area (Å²) < 4.78 is 5.41. The average molecular weight is 198 g/mol. The number of hydrogen-bond acceptors (Lipinski definition) is 2. The Hall–Kier alpha value is -0.570. The van der Waals surface area contributed by atoms with Crippen molar-refractivity contribution in [2.75, 3.05) is 6.61 Å². The van der Waals surface area contributed by atoms with Gasteiger partial charge in [-0.05, 0) is 23.6 Å². The van der Waals surface area contributed by atoms with E-state index < -0.39 is 0 Å². The molecule has 0 saturated heterocycles. The lowest BCUT2D eigenvalue weighted by Gasteiger charge is -2.12. The average Bonchev–Trinajstić information content (AvgIpc) is 2.29. The van der Waals surface area contributed by atoms with Crippen LogP contribution in [0.15, 0.2) is 18.2 Å². The van der Waals surface area contributed by atoms with Crippen LogP contribution in [0.25, 0.3) is 0 Å². The molecule has 1 unspecified atom stereocenters. The van der Waals surface area contributed by atoms with Crippen molar-refractivity contribution in [3.05, 3.63) is 34.3 Å². The van der Waals surface area contributed by atoms with E-state index in [2.05, 4.69) is 0 Å². The van der Waals surface area contributed by atoms with E-state index in [9.17, 15) is 0 Å². The Morgan fingerprint density at radius 3 is 3.15 bits per heavy atom. The minimum Gasteiger partial charge on any atom is -0.377 e. The highest BCUT2D eigenvalue weighted by atomic mass is 35.5. The van der Waals surface area contributed by atoms with E-state index in [1.54, 1.807) is 0 Å². The maximum absolute atomic E-state index is 6.07. The van der Waals surface area contributed by atoms with Crippen LogP contribution in [0.4, 0.5) is 0 Å². The monoisotopic (exact) mass is 197 g/mol. The molecule has 2 nitrogen and oxygen atoms in total. The molecule has 0 saturated carbocycles. The minimum absolute atomic E-state index is 0.0196. The second-order valence-electron chi connectivity index (χ2n) is 3.26. The topological polar surface area (TPSA) is 35.2 Å². The molecule has 2 rings (SSSR count). The van der Waals surface area contributed by atoms with Gasteiger partial charge in [0.1, 0.15) is 0 Å². The third kappa shape index (κ3) is 1.70. The van der Waals surface area contributed by atoms with Crippen LogP contribution in [0.2, 0.25) is 5.02 Å². The highest BCUT2D eigenvalue weighted by molar-refractivity contribution is 6.31. The molecule has 0 bridgehead atoms. The first kappa shape index (κ1) is 9.00. The largest absolute Gasteiger partial charge is 0.377 e. The van der Waals surface area contributed by atoms with Gasteiger partial charge in [0.2, 0.25) is 0 Å². The Kier molecular flexibility index (Phi) is 2.54. The first-order valence-electron chi connectivity index (χ1n) is 4.39. The van der Waals surface area contributed by atoms with Crippen LogP contribution >= 0.6 is 11.6 Å². The fourth-order valence-corrected chi connectivity index (χ4v) is 1.99. The molecule has 1 atom stereocenters. The molecule has 1 aliphatic rings. The Morgan fingerprint density at radius 1 is 1.46 bits per heavy atom. The van der Waals surface area contributed by atoms with Gasteiger partial charge in [-0.25, -0.2) is 0 Å². The second-order valence-corrected chi connectivity index (χ2v) is 3.67. The molecule has 1 aromatic carbocycles. The van der Waals surface area contributed by atoms with Gasteiger partial charge in [-0.3, -0.25) is 0 Å². The lowest BCUT2D eigenvalue weighted by Crippen LogP contribution is -2.12. The maximum atomic E-state index is 6.07. The summed E-state index contributed by atoms with van der Waals surface area (Å²) >= 11 is 6.07. The molecule has 1 heterocycles. The Morgan fingerprint density at radius 2 is 2.31 bits per heavy atom. The van der Waals surface area contributed by atoms with Crippen LogP contribution in [0, 0.1) is 0 Å². The molecule has 0 radical (unpaired) electrons. The number of hydrogen-bond donors (Lipinski definition) is 1. The smallest absolute Gasteiger partial charge is 0.0720 e. The zero-order valence-corrected chi connectivity index (χ0v) is 8.05. The Bertz CT molecular complexity index is 314. The van der Waals surface area contributed by atoms with E-state index in [-0.39, 0.29) is 6.04 Å². The molecular weight excluding hydrogens is 186 g/mol. The van der Waals surface area contributed by atoms with Crippen LogP contribution < -0.4 is 5.73 Å². The highest BCUT2D eigenvalue weighted by Gasteiger charge is 2.17. The quantitative estimate of drug-likeness (QED) is 0.693. The fourth-order valence-electron chi connectivity index (χ4n) is 1.66. The van der Waals surface area contributed by atoms with E-state index in [0.717, 1.165) is 22.6 Å². The summed E-state index contributed by atoms with van der Waals surface area (Å²) in [4.78, 5) is 0. The summed E-state index contributed by atoms with van der Waals surface area (Å²) in [5.74, 6) is 0. The molecule has 0 amide bonds. The third-order valence-corrected chi connectivity index (χ3v) is 2.67. The van der Waals surface area contributed by atoms with Gasteiger partial charge >= 0.3 is 0 Å². The maximum Gasteiger partial charge on any atom is 0.0720 e. The van der Waals surface area contributed by atoms with Gasteiger partial charge in [0, 0.05) is 17.7 Å². The molecule has 0 fully saturated rings. The first-order chi connectivity index (χ1) is 6.29.